The molecule has 0 aliphatic heterocycles. The highest BCUT2D eigenvalue weighted by Gasteiger charge is 2.43. The van der Waals surface area contributed by atoms with E-state index >= 15 is 0 Å². The van der Waals surface area contributed by atoms with Gasteiger partial charge in [0.1, 0.15) is 0 Å². The number of hydrogen-bond donors (Lipinski definition) is 0. The van der Waals surface area contributed by atoms with Crippen LogP contribution in [0.4, 0.5) is 0 Å². The lowest BCUT2D eigenvalue weighted by atomic mass is 10.0. The van der Waals surface area contributed by atoms with Gasteiger partial charge in [-0.05, 0) is 43.0 Å². The lowest BCUT2D eigenvalue weighted by Gasteiger charge is -2.17. The number of sulfone groups is 1. The van der Waals surface area contributed by atoms with E-state index in [4.69, 9.17) is 0 Å². The predicted octanol–water partition coefficient (Wildman–Crippen LogP) is 4.02. The molecule has 0 atom stereocenters. The Bertz CT molecular complexity index is 751. The summed E-state index contributed by atoms with van der Waals surface area (Å²) in [4.78, 5) is 12.3. The van der Waals surface area contributed by atoms with E-state index in [9.17, 15) is 13.2 Å². The first kappa shape index (κ1) is 16.4. The van der Waals surface area contributed by atoms with Crippen molar-refractivity contribution in [2.75, 3.05) is 6.26 Å². The summed E-state index contributed by atoms with van der Waals surface area (Å²) in [7, 11) is -3.63. The maximum Gasteiger partial charge on any atom is 0.242 e. The Kier molecular flexibility index (Phi) is 4.70. The Morgan fingerprint density at radius 3 is 1.86 bits per heavy atom. The van der Waals surface area contributed by atoms with E-state index in [1.165, 1.54) is 0 Å². The van der Waals surface area contributed by atoms with Crippen LogP contribution in [0.25, 0.3) is 11.1 Å². The fourth-order valence-electron chi connectivity index (χ4n) is 1.78. The van der Waals surface area contributed by atoms with Gasteiger partial charge in [0.15, 0.2) is 9.84 Å². The van der Waals surface area contributed by atoms with E-state index in [2.05, 4.69) is 31.9 Å². The molecule has 110 valence electrons. The van der Waals surface area contributed by atoms with Gasteiger partial charge in [0.2, 0.25) is 8.35 Å². The third kappa shape index (κ3) is 3.44. The summed E-state index contributed by atoms with van der Waals surface area (Å²) in [5.41, 5.74) is 2.30. The van der Waals surface area contributed by atoms with Crippen LogP contribution in [-0.4, -0.2) is 23.0 Å². The van der Waals surface area contributed by atoms with E-state index in [0.717, 1.165) is 17.4 Å². The topological polar surface area (TPSA) is 51.2 Å². The fourth-order valence-corrected chi connectivity index (χ4v) is 2.69. The van der Waals surface area contributed by atoms with Gasteiger partial charge in [-0.15, -0.1) is 0 Å². The van der Waals surface area contributed by atoms with Crippen molar-refractivity contribution in [2.24, 2.45) is 0 Å². The Morgan fingerprint density at radius 2 is 1.38 bits per heavy atom. The van der Waals surface area contributed by atoms with E-state index in [1.807, 2.05) is 30.3 Å². The molecule has 21 heavy (non-hydrogen) atoms. The number of carbonyl (C=O) groups is 1. The van der Waals surface area contributed by atoms with E-state index in [1.54, 1.807) is 24.3 Å². The van der Waals surface area contributed by atoms with Crippen LogP contribution in [0.2, 0.25) is 0 Å². The molecule has 0 saturated carbocycles. The molecular weight excluding hydrogens is 420 g/mol. The van der Waals surface area contributed by atoms with Gasteiger partial charge in [-0.3, -0.25) is 4.79 Å². The molecule has 3 nitrogen and oxygen atoms in total. The van der Waals surface area contributed by atoms with Crippen molar-refractivity contribution in [2.45, 2.75) is 2.57 Å². The maximum absolute atomic E-state index is 12.3. The number of halogens is 2. The first-order valence-electron chi connectivity index (χ1n) is 6.01. The fraction of sp³-hybridized carbons (Fsp3) is 0.133. The maximum atomic E-state index is 12.3. The van der Waals surface area contributed by atoms with Crippen LogP contribution in [0, 0.1) is 0 Å². The number of Topliss-reactive ketones (excluding diaryl/α,β-unsaturated/α-hetero) is 1. The lowest BCUT2D eigenvalue weighted by molar-refractivity contribution is 0.100. The van der Waals surface area contributed by atoms with Crippen LogP contribution in [-0.2, 0) is 9.84 Å². The molecule has 0 aliphatic rings. The van der Waals surface area contributed by atoms with Gasteiger partial charge >= 0.3 is 0 Å². The molecule has 6 heteroatoms. The van der Waals surface area contributed by atoms with Crippen molar-refractivity contribution in [3.8, 4) is 11.1 Å². The van der Waals surface area contributed by atoms with Crippen LogP contribution in [0.15, 0.2) is 54.6 Å². The van der Waals surface area contributed by atoms with Crippen molar-refractivity contribution >= 4 is 47.5 Å². The molecular formula is C15H12Br2O3S. The molecule has 2 aromatic carbocycles. The normalized spacial score (nSPS) is 12.1. The second-order valence-electron chi connectivity index (χ2n) is 4.56. The molecule has 0 radical (unpaired) electrons. The summed E-state index contributed by atoms with van der Waals surface area (Å²) in [5.74, 6) is -0.551. The minimum absolute atomic E-state index is 0.314. The molecule has 0 aromatic heterocycles. The smallest absolute Gasteiger partial charge is 0.242 e. The van der Waals surface area contributed by atoms with E-state index in [-0.39, 0.29) is 0 Å². The lowest BCUT2D eigenvalue weighted by Crippen LogP contribution is -2.33. The largest absolute Gasteiger partial charge is 0.290 e. The quantitative estimate of drug-likeness (QED) is 0.542. The van der Waals surface area contributed by atoms with Gasteiger partial charge in [0, 0.05) is 11.8 Å². The van der Waals surface area contributed by atoms with Crippen LogP contribution in [0.5, 0.6) is 0 Å². The second-order valence-corrected chi connectivity index (χ2v) is 11.2. The highest BCUT2D eigenvalue weighted by Crippen LogP contribution is 2.36. The van der Waals surface area contributed by atoms with E-state index < -0.39 is 18.2 Å². The number of ketones is 1. The average Bonchev–Trinajstić information content (AvgIpc) is 2.46. The minimum Gasteiger partial charge on any atom is -0.290 e. The zero-order valence-electron chi connectivity index (χ0n) is 11.1. The number of hydrogen-bond acceptors (Lipinski definition) is 3. The standard InChI is InChI=1S/C15H12Br2O3S/c1-21(19,20)15(16,17)14(18)13-9-7-12(8-10-13)11-5-3-2-4-6-11/h2-10H,1H3. The second kappa shape index (κ2) is 6.02. The summed E-state index contributed by atoms with van der Waals surface area (Å²) in [5, 5.41) is 0. The number of alkyl halides is 2. The summed E-state index contributed by atoms with van der Waals surface area (Å²) in [6, 6.07) is 16.5. The molecule has 0 fully saturated rings. The number of rotatable bonds is 4. The Hall–Kier alpha value is -0.980. The van der Waals surface area contributed by atoms with Crippen LogP contribution >= 0.6 is 31.9 Å². The van der Waals surface area contributed by atoms with Gasteiger partial charge < -0.3 is 0 Å². The first-order valence-corrected chi connectivity index (χ1v) is 9.49. The minimum atomic E-state index is -3.63. The highest BCUT2D eigenvalue weighted by molar-refractivity contribution is 9.28. The molecule has 2 aromatic rings. The van der Waals surface area contributed by atoms with Crippen molar-refractivity contribution in [1.29, 1.82) is 0 Å². The SMILES string of the molecule is CS(=O)(=O)C(Br)(Br)C(=O)c1ccc(-c2ccccc2)cc1. The summed E-state index contributed by atoms with van der Waals surface area (Å²) in [6.45, 7) is 0. The molecule has 0 amide bonds. The van der Waals surface area contributed by atoms with Gasteiger partial charge in [-0.2, -0.15) is 0 Å². The van der Waals surface area contributed by atoms with Gasteiger partial charge in [0.25, 0.3) is 0 Å². The predicted molar refractivity (Wildman–Crippen MR) is 91.6 cm³/mol. The van der Waals surface area contributed by atoms with Crippen molar-refractivity contribution in [3.05, 3.63) is 60.2 Å². The Morgan fingerprint density at radius 1 is 0.905 bits per heavy atom. The van der Waals surface area contributed by atoms with Crippen molar-refractivity contribution < 1.29 is 13.2 Å². The average molecular weight is 432 g/mol. The van der Waals surface area contributed by atoms with Crippen LogP contribution < -0.4 is 0 Å². The summed E-state index contributed by atoms with van der Waals surface area (Å²) >= 11 is 5.89. The number of carbonyl (C=O) groups excluding carboxylic acids is 1. The van der Waals surface area contributed by atoms with Crippen LogP contribution in [0.1, 0.15) is 10.4 Å². The van der Waals surface area contributed by atoms with Crippen LogP contribution in [0.3, 0.4) is 0 Å². The van der Waals surface area contributed by atoms with E-state index in [0.29, 0.717) is 5.56 Å². The first-order chi connectivity index (χ1) is 9.73. The molecule has 0 aliphatic carbocycles. The molecule has 0 heterocycles. The zero-order chi connectivity index (χ0) is 15.7. The zero-order valence-corrected chi connectivity index (χ0v) is 15.1. The molecule has 0 spiro atoms. The number of benzene rings is 2. The van der Waals surface area contributed by atoms with Crippen molar-refractivity contribution in [3.63, 3.8) is 0 Å². The monoisotopic (exact) mass is 430 g/mol. The summed E-state index contributed by atoms with van der Waals surface area (Å²) in [6.07, 6.45) is 0.993. The molecule has 0 bridgehead atoms. The van der Waals surface area contributed by atoms with Gasteiger partial charge in [-0.1, -0.05) is 54.6 Å². The third-order valence-electron chi connectivity index (χ3n) is 2.98. The molecule has 2 rings (SSSR count). The molecule has 0 saturated heterocycles. The summed E-state index contributed by atoms with van der Waals surface area (Å²) < 4.78 is 21.5. The van der Waals surface area contributed by atoms with Gasteiger partial charge in [0.05, 0.1) is 0 Å². The molecule has 0 N–H and O–H groups in total. The van der Waals surface area contributed by atoms with Crippen molar-refractivity contribution in [1.82, 2.24) is 0 Å². The van der Waals surface area contributed by atoms with Gasteiger partial charge in [-0.25, -0.2) is 8.42 Å². The Balaban J connectivity index is 2.34. The Labute approximate surface area is 140 Å². The highest BCUT2D eigenvalue weighted by atomic mass is 79.9. The molecule has 0 unspecified atom stereocenters. The third-order valence-corrected chi connectivity index (χ3v) is 8.35.